The van der Waals surface area contributed by atoms with Crippen LogP contribution in [0.1, 0.15) is 30.7 Å². The number of nitrogens with zero attached hydrogens (tertiary/aromatic N) is 2. The van der Waals surface area contributed by atoms with Gasteiger partial charge in [-0.3, -0.25) is 19.8 Å². The van der Waals surface area contributed by atoms with Crippen LogP contribution in [0.15, 0.2) is 76.1 Å². The van der Waals surface area contributed by atoms with E-state index in [-0.39, 0.29) is 34.2 Å². The topological polar surface area (TPSA) is 176 Å². The summed E-state index contributed by atoms with van der Waals surface area (Å²) in [6.45, 7) is 0. The van der Waals surface area contributed by atoms with Gasteiger partial charge in [-0.1, -0.05) is 12.1 Å². The third kappa shape index (κ3) is 4.29. The molecule has 4 rings (SSSR count). The summed E-state index contributed by atoms with van der Waals surface area (Å²) in [6, 6.07) is 11.2. The number of benzene rings is 2. The molecule has 0 amide bonds. The molecule has 4 N–H and O–H groups in total. The maximum Gasteiger partial charge on any atom is 0.338 e. The van der Waals surface area contributed by atoms with Crippen LogP contribution in [0.2, 0.25) is 0 Å². The van der Waals surface area contributed by atoms with E-state index in [1.165, 1.54) is 54.5 Å². The molecule has 0 radical (unpaired) electrons. The van der Waals surface area contributed by atoms with E-state index in [0.29, 0.717) is 35.4 Å². The molecule has 2 aliphatic rings. The molecule has 2 aromatic rings. The number of Topliss-reactive ketones (excluding diaryl/α,β-unsaturated/α-hetero) is 1. The number of allylic oxidation sites excluding steroid dienone is 2. The maximum atomic E-state index is 13.2. The van der Waals surface area contributed by atoms with Gasteiger partial charge in [0, 0.05) is 35.5 Å². The van der Waals surface area contributed by atoms with E-state index >= 15 is 0 Å². The number of ether oxygens (including phenoxy) is 1. The number of methoxy groups -OCH3 is 1. The van der Waals surface area contributed by atoms with Crippen LogP contribution < -0.4 is 15.8 Å². The minimum absolute atomic E-state index is 0.0230. The van der Waals surface area contributed by atoms with Gasteiger partial charge in [-0.25, -0.2) is 18.4 Å². The van der Waals surface area contributed by atoms with E-state index in [9.17, 15) is 28.1 Å². The summed E-state index contributed by atoms with van der Waals surface area (Å²) in [7, 11) is -2.77. The van der Waals surface area contributed by atoms with Crippen molar-refractivity contribution in [2.24, 2.45) is 10.9 Å². The monoisotopic (exact) mass is 498 g/mol. The second-order valence-electron chi connectivity index (χ2n) is 8.09. The minimum Gasteiger partial charge on any atom is -0.466 e. The average Bonchev–Trinajstić information content (AvgIpc) is 2.82. The fourth-order valence-electron chi connectivity index (χ4n) is 4.53. The highest BCUT2D eigenvalue weighted by Crippen LogP contribution is 2.47. The number of anilines is 1. The Bertz CT molecular complexity index is 1410. The lowest BCUT2D eigenvalue weighted by molar-refractivity contribution is -0.384. The van der Waals surface area contributed by atoms with E-state index < -0.39 is 26.8 Å². The Hall–Kier alpha value is -4.03. The van der Waals surface area contributed by atoms with Crippen LogP contribution in [0.3, 0.4) is 0 Å². The number of non-ortho nitro benzene ring substituents is 1. The lowest BCUT2D eigenvalue weighted by Crippen LogP contribution is -2.41. The summed E-state index contributed by atoms with van der Waals surface area (Å²) in [5, 5.41) is 16.6. The summed E-state index contributed by atoms with van der Waals surface area (Å²) in [5.74, 6) is -2.01. The highest BCUT2D eigenvalue weighted by atomic mass is 32.2. The number of carbonyl (C=O) groups is 2. The number of nitro groups is 1. The van der Waals surface area contributed by atoms with Gasteiger partial charge >= 0.3 is 5.97 Å². The van der Waals surface area contributed by atoms with Crippen LogP contribution in [0, 0.1) is 10.1 Å². The fourth-order valence-corrected chi connectivity index (χ4v) is 5.04. The number of primary sulfonamides is 1. The van der Waals surface area contributed by atoms with E-state index in [1.807, 2.05) is 0 Å². The predicted molar refractivity (Wildman–Crippen MR) is 125 cm³/mol. The molecule has 1 aliphatic carbocycles. The Kier molecular flexibility index (Phi) is 6.17. The lowest BCUT2D eigenvalue weighted by Gasteiger charge is -2.40. The van der Waals surface area contributed by atoms with Crippen molar-refractivity contribution in [2.45, 2.75) is 30.1 Å². The van der Waals surface area contributed by atoms with Crippen molar-refractivity contribution in [3.63, 3.8) is 0 Å². The Morgan fingerprint density at radius 2 is 1.86 bits per heavy atom. The molecule has 35 heavy (non-hydrogen) atoms. The zero-order chi connectivity index (χ0) is 25.5. The van der Waals surface area contributed by atoms with Gasteiger partial charge in [-0.15, -0.1) is 0 Å². The van der Waals surface area contributed by atoms with Crippen LogP contribution >= 0.6 is 0 Å². The Balaban J connectivity index is 1.98. The second-order valence-corrected chi connectivity index (χ2v) is 9.65. The van der Waals surface area contributed by atoms with Gasteiger partial charge in [-0.05, 0) is 42.7 Å². The molecule has 12 heteroatoms. The first kappa shape index (κ1) is 24.1. The van der Waals surface area contributed by atoms with Crippen LogP contribution in [0.4, 0.5) is 11.4 Å². The number of sulfonamides is 1. The molecule has 11 nitrogen and oxygen atoms in total. The maximum absolute atomic E-state index is 13.2. The van der Waals surface area contributed by atoms with Crippen molar-refractivity contribution in [2.75, 3.05) is 12.0 Å². The summed E-state index contributed by atoms with van der Waals surface area (Å²) < 4.78 is 28.3. The first-order valence-electron chi connectivity index (χ1n) is 10.6. The predicted octanol–water partition coefficient (Wildman–Crippen LogP) is 2.20. The summed E-state index contributed by atoms with van der Waals surface area (Å²) in [5.41, 5.74) is 7.87. The molecule has 1 aliphatic heterocycles. The number of hydrogen-bond acceptors (Lipinski definition) is 9. The summed E-state index contributed by atoms with van der Waals surface area (Å²) in [6.07, 6.45) is 1.21. The van der Waals surface area contributed by atoms with Crippen LogP contribution in [-0.2, 0) is 24.3 Å². The molecular formula is C23H22N4O7S. The van der Waals surface area contributed by atoms with Crippen molar-refractivity contribution in [1.82, 2.24) is 0 Å². The van der Waals surface area contributed by atoms with Gasteiger partial charge in [0.05, 0.1) is 28.4 Å². The fraction of sp³-hybridized carbons (Fsp3) is 0.217. The van der Waals surface area contributed by atoms with Crippen LogP contribution in [0.25, 0.3) is 0 Å². The van der Waals surface area contributed by atoms with E-state index in [4.69, 9.17) is 15.6 Å². The van der Waals surface area contributed by atoms with Crippen molar-refractivity contribution < 1.29 is 27.7 Å². The van der Waals surface area contributed by atoms with Crippen LogP contribution in [0.5, 0.6) is 0 Å². The van der Waals surface area contributed by atoms with Gasteiger partial charge in [-0.2, -0.15) is 0 Å². The highest BCUT2D eigenvalue weighted by Gasteiger charge is 2.43. The molecule has 0 fully saturated rings. The Labute approximate surface area is 200 Å². The van der Waals surface area contributed by atoms with Gasteiger partial charge in [0.25, 0.3) is 5.69 Å². The number of nitrogens with two attached hydrogens (primary N) is 2. The van der Waals surface area contributed by atoms with E-state index in [1.54, 1.807) is 6.07 Å². The molecule has 2 aromatic carbocycles. The molecule has 0 saturated carbocycles. The molecule has 0 aromatic heterocycles. The standard InChI is InChI=1S/C23H22N4O7S/c1-34-23(29)21-19(13-4-2-5-15(12-13)27(30)31)20-17(6-3-7-18(20)28)26(22(21)24)14-8-10-16(11-9-14)35(25,32)33/h2,4-5,8-12,19H,3,6-7,24H2,1H3,(H2,25,32,33)/t19-/m0/s1. The molecule has 1 atom stereocenters. The quantitative estimate of drug-likeness (QED) is 0.355. The smallest absolute Gasteiger partial charge is 0.338 e. The molecule has 0 saturated heterocycles. The first-order valence-corrected chi connectivity index (χ1v) is 12.1. The molecule has 182 valence electrons. The number of hydrogen-bond donors (Lipinski definition) is 2. The average molecular weight is 499 g/mol. The minimum atomic E-state index is -3.94. The highest BCUT2D eigenvalue weighted by molar-refractivity contribution is 7.89. The zero-order valence-corrected chi connectivity index (χ0v) is 19.4. The molecule has 0 spiro atoms. The summed E-state index contributed by atoms with van der Waals surface area (Å²) in [4.78, 5) is 38.4. The summed E-state index contributed by atoms with van der Waals surface area (Å²) >= 11 is 0. The SMILES string of the molecule is COC(=O)C1=C(N)N(c2ccc(S(N)(=O)=O)cc2)C2=C(C(=O)CCC2)[C@@H]1c1cccc([N+](=O)[O-])c1. The Morgan fingerprint density at radius 3 is 2.46 bits per heavy atom. The number of carbonyl (C=O) groups excluding carboxylic acids is 2. The third-order valence-corrected chi connectivity index (χ3v) is 6.97. The molecule has 0 bridgehead atoms. The number of esters is 1. The zero-order valence-electron chi connectivity index (χ0n) is 18.6. The van der Waals surface area contributed by atoms with Crippen LogP contribution in [-0.4, -0.2) is 32.2 Å². The lowest BCUT2D eigenvalue weighted by atomic mass is 9.75. The van der Waals surface area contributed by atoms with Gasteiger partial charge in [0.2, 0.25) is 10.0 Å². The van der Waals surface area contributed by atoms with Crippen molar-refractivity contribution in [3.05, 3.63) is 86.9 Å². The van der Waals surface area contributed by atoms with Crippen molar-refractivity contribution >= 4 is 33.2 Å². The van der Waals surface area contributed by atoms with E-state index in [0.717, 1.165) is 0 Å². The molecular weight excluding hydrogens is 476 g/mol. The largest absolute Gasteiger partial charge is 0.466 e. The normalized spacial score (nSPS) is 18.4. The third-order valence-electron chi connectivity index (χ3n) is 6.04. The number of ketones is 1. The molecule has 1 heterocycles. The molecule has 0 unspecified atom stereocenters. The second kappa shape index (κ2) is 8.96. The van der Waals surface area contributed by atoms with Gasteiger partial charge in [0.1, 0.15) is 5.82 Å². The first-order chi connectivity index (χ1) is 16.5. The Morgan fingerprint density at radius 1 is 1.17 bits per heavy atom. The van der Waals surface area contributed by atoms with Crippen molar-refractivity contribution in [3.8, 4) is 0 Å². The number of rotatable bonds is 5. The van der Waals surface area contributed by atoms with Gasteiger partial charge in [0.15, 0.2) is 5.78 Å². The number of nitro benzene ring substituents is 1. The van der Waals surface area contributed by atoms with Crippen molar-refractivity contribution in [1.29, 1.82) is 0 Å². The van der Waals surface area contributed by atoms with Gasteiger partial charge < -0.3 is 10.5 Å². The van der Waals surface area contributed by atoms with E-state index in [2.05, 4.69) is 0 Å².